The van der Waals surface area contributed by atoms with Crippen LogP contribution in [-0.2, 0) is 0 Å². The number of anilines is 2. The summed E-state index contributed by atoms with van der Waals surface area (Å²) in [5, 5.41) is 10.5. The lowest BCUT2D eigenvalue weighted by Crippen LogP contribution is -2.06. The fourth-order valence-electron chi connectivity index (χ4n) is 3.36. The zero-order chi connectivity index (χ0) is 19.8. The highest BCUT2D eigenvalue weighted by Gasteiger charge is 2.35. The van der Waals surface area contributed by atoms with E-state index in [2.05, 4.69) is 20.5 Å². The first-order valence-electron chi connectivity index (χ1n) is 8.82. The maximum Gasteiger partial charge on any atom is 0.243 e. The molecule has 8 nitrogen and oxygen atoms in total. The fraction of sp³-hybridized carbons (Fsp3) is 0.333. The van der Waals surface area contributed by atoms with Crippen LogP contribution in [0, 0.1) is 11.3 Å². The Kier molecular flexibility index (Phi) is 4.54. The van der Waals surface area contributed by atoms with Crippen LogP contribution in [0.3, 0.4) is 0 Å². The molecule has 0 radical (unpaired) electrons. The number of fused-ring (bicyclic) bond motifs is 1. The van der Waals surface area contributed by atoms with Gasteiger partial charge < -0.3 is 15.8 Å². The number of nitrogens with one attached hydrogen (secondary N) is 2. The maximum atomic E-state index is 15.6. The molecule has 2 heterocycles. The predicted molar refractivity (Wildman–Crippen MR) is 101 cm³/mol. The Balaban J connectivity index is 1.98. The molecule has 1 aliphatic rings. The molecule has 0 spiro atoms. The smallest absolute Gasteiger partial charge is 0.243 e. The zero-order valence-corrected chi connectivity index (χ0v) is 15.2. The molecule has 3 aromatic rings. The van der Waals surface area contributed by atoms with Crippen molar-refractivity contribution in [2.24, 2.45) is 5.11 Å². The average Bonchev–Trinajstić information content (AvgIpc) is 3.48. The summed E-state index contributed by atoms with van der Waals surface area (Å²) in [6.45, 7) is -0.529. The van der Waals surface area contributed by atoms with Gasteiger partial charge in [-0.25, -0.2) is 18.8 Å². The van der Waals surface area contributed by atoms with Crippen molar-refractivity contribution in [2.75, 3.05) is 31.4 Å². The van der Waals surface area contributed by atoms with Crippen LogP contribution in [0.4, 0.5) is 26.1 Å². The maximum absolute atomic E-state index is 15.6. The topological polar surface area (TPSA) is 114 Å². The molecular formula is C18H19F2N7O. The molecule has 0 aliphatic heterocycles. The number of methoxy groups -OCH3 is 1. The Morgan fingerprint density at radius 3 is 2.86 bits per heavy atom. The van der Waals surface area contributed by atoms with Gasteiger partial charge >= 0.3 is 0 Å². The van der Waals surface area contributed by atoms with Crippen molar-refractivity contribution in [1.82, 2.24) is 14.6 Å². The van der Waals surface area contributed by atoms with Crippen molar-refractivity contribution in [1.29, 1.82) is 5.53 Å². The molecule has 0 saturated heterocycles. The SMILES string of the molecule is COc1nc(N)nn2c(C3CC3)c(F)c(-c3ccc(N=N)c(NCCF)c3)c12. The van der Waals surface area contributed by atoms with Crippen LogP contribution in [0.1, 0.15) is 24.5 Å². The summed E-state index contributed by atoms with van der Waals surface area (Å²) in [6, 6.07) is 4.86. The molecule has 0 bridgehead atoms. The van der Waals surface area contributed by atoms with E-state index in [9.17, 15) is 4.39 Å². The third kappa shape index (κ3) is 2.90. The minimum absolute atomic E-state index is 0.0125. The van der Waals surface area contributed by atoms with Gasteiger partial charge in [0.15, 0.2) is 5.82 Å². The number of benzene rings is 1. The quantitative estimate of drug-likeness (QED) is 0.529. The van der Waals surface area contributed by atoms with E-state index >= 15 is 4.39 Å². The van der Waals surface area contributed by atoms with E-state index in [4.69, 9.17) is 16.0 Å². The zero-order valence-electron chi connectivity index (χ0n) is 15.2. The number of ether oxygens (including phenoxy) is 1. The number of halogens is 2. The third-order valence-electron chi connectivity index (χ3n) is 4.72. The molecule has 10 heteroatoms. The number of nitrogen functional groups attached to an aromatic ring is 1. The van der Waals surface area contributed by atoms with Gasteiger partial charge in [0.25, 0.3) is 0 Å². The number of nitrogens with two attached hydrogens (primary N) is 1. The first-order chi connectivity index (χ1) is 13.6. The number of rotatable bonds is 7. The lowest BCUT2D eigenvalue weighted by molar-refractivity contribution is 0.400. The van der Waals surface area contributed by atoms with Gasteiger partial charge in [-0.1, -0.05) is 6.07 Å². The van der Waals surface area contributed by atoms with Crippen molar-refractivity contribution in [2.45, 2.75) is 18.8 Å². The lowest BCUT2D eigenvalue weighted by Gasteiger charge is -2.10. The van der Waals surface area contributed by atoms with Gasteiger partial charge in [-0.2, -0.15) is 10.1 Å². The van der Waals surface area contributed by atoms with E-state index in [1.807, 2.05) is 0 Å². The first-order valence-corrected chi connectivity index (χ1v) is 8.82. The van der Waals surface area contributed by atoms with Crippen molar-refractivity contribution >= 4 is 22.8 Å². The van der Waals surface area contributed by atoms with Gasteiger partial charge in [-0.3, -0.25) is 0 Å². The van der Waals surface area contributed by atoms with Crippen molar-refractivity contribution < 1.29 is 13.5 Å². The largest absolute Gasteiger partial charge is 0.479 e. The third-order valence-corrected chi connectivity index (χ3v) is 4.72. The number of hydrogen-bond acceptors (Lipinski definition) is 7. The van der Waals surface area contributed by atoms with Crippen molar-refractivity contribution in [3.63, 3.8) is 0 Å². The molecule has 1 fully saturated rings. The summed E-state index contributed by atoms with van der Waals surface area (Å²) >= 11 is 0. The highest BCUT2D eigenvalue weighted by Crippen LogP contribution is 2.47. The molecule has 1 aliphatic carbocycles. The van der Waals surface area contributed by atoms with Gasteiger partial charge in [0, 0.05) is 12.5 Å². The molecule has 146 valence electrons. The van der Waals surface area contributed by atoms with Crippen LogP contribution in [0.25, 0.3) is 16.6 Å². The average molecular weight is 387 g/mol. The van der Waals surface area contributed by atoms with Crippen LogP contribution < -0.4 is 15.8 Å². The van der Waals surface area contributed by atoms with Gasteiger partial charge in [0.2, 0.25) is 11.8 Å². The second-order valence-electron chi connectivity index (χ2n) is 6.55. The monoisotopic (exact) mass is 387 g/mol. The van der Waals surface area contributed by atoms with E-state index in [1.54, 1.807) is 18.2 Å². The van der Waals surface area contributed by atoms with Crippen LogP contribution in [0.2, 0.25) is 0 Å². The Bertz CT molecular complexity index is 1060. The summed E-state index contributed by atoms with van der Waals surface area (Å²) in [4.78, 5) is 4.09. The number of hydrogen-bond donors (Lipinski definition) is 3. The van der Waals surface area contributed by atoms with Crippen LogP contribution in [0.15, 0.2) is 23.3 Å². The normalized spacial score (nSPS) is 13.7. The van der Waals surface area contributed by atoms with Crippen LogP contribution >= 0.6 is 0 Å². The molecule has 4 N–H and O–H groups in total. The van der Waals surface area contributed by atoms with Gasteiger partial charge in [-0.15, -0.1) is 5.10 Å². The summed E-state index contributed by atoms with van der Waals surface area (Å²) < 4.78 is 35.0. The molecule has 28 heavy (non-hydrogen) atoms. The van der Waals surface area contributed by atoms with Gasteiger partial charge in [-0.05, 0) is 30.5 Å². The number of nitrogens with zero attached hydrogens (tertiary/aromatic N) is 4. The van der Waals surface area contributed by atoms with Crippen LogP contribution in [0.5, 0.6) is 5.88 Å². The van der Waals surface area contributed by atoms with Gasteiger partial charge in [0.05, 0.1) is 24.1 Å². The highest BCUT2D eigenvalue weighted by atomic mass is 19.1. The Morgan fingerprint density at radius 2 is 2.21 bits per heavy atom. The first kappa shape index (κ1) is 18.1. The summed E-state index contributed by atoms with van der Waals surface area (Å²) in [7, 11) is 1.43. The molecule has 0 unspecified atom stereocenters. The Hall–Kier alpha value is -3.30. The highest BCUT2D eigenvalue weighted by molar-refractivity contribution is 5.89. The molecule has 2 aromatic heterocycles. The number of alkyl halides is 1. The summed E-state index contributed by atoms with van der Waals surface area (Å²) in [5.74, 6) is -0.193. The second-order valence-corrected chi connectivity index (χ2v) is 6.55. The predicted octanol–water partition coefficient (Wildman–Crippen LogP) is 4.05. The van der Waals surface area contributed by atoms with E-state index in [0.29, 0.717) is 28.1 Å². The molecule has 4 rings (SSSR count). The molecule has 1 saturated carbocycles. The Labute approximate surface area is 159 Å². The van der Waals surface area contributed by atoms with Crippen LogP contribution in [-0.4, -0.2) is 34.9 Å². The second kappa shape index (κ2) is 7.02. The number of aromatic nitrogens is 3. The van der Waals surface area contributed by atoms with Crippen molar-refractivity contribution in [3.8, 4) is 17.0 Å². The van der Waals surface area contributed by atoms with Gasteiger partial charge in [0.1, 0.15) is 17.9 Å². The lowest BCUT2D eigenvalue weighted by atomic mass is 10.0. The molecule has 1 aromatic carbocycles. The molecular weight excluding hydrogens is 368 g/mol. The minimum Gasteiger partial charge on any atom is -0.479 e. The van der Waals surface area contributed by atoms with E-state index in [0.717, 1.165) is 12.8 Å². The summed E-state index contributed by atoms with van der Waals surface area (Å²) in [6.07, 6.45) is 1.74. The van der Waals surface area contributed by atoms with E-state index in [1.165, 1.54) is 11.6 Å². The van der Waals surface area contributed by atoms with E-state index in [-0.39, 0.29) is 29.9 Å². The molecule has 0 atom stereocenters. The van der Waals surface area contributed by atoms with Crippen molar-refractivity contribution in [3.05, 3.63) is 29.7 Å². The Morgan fingerprint density at radius 1 is 1.43 bits per heavy atom. The minimum atomic E-state index is -0.585. The van der Waals surface area contributed by atoms with E-state index < -0.39 is 12.5 Å². The summed E-state index contributed by atoms with van der Waals surface area (Å²) in [5.41, 5.74) is 15.5. The standard InChI is InChI=1S/C18H19F2N7O/c1-28-17-16-13(10-4-5-11(25-22)12(8-10)23-7-6-19)14(20)15(9-2-3-9)27(16)26-18(21)24-17/h4-5,8-9,22-23H,2-3,6-7H2,1H3,(H2,21,26). The molecule has 0 amide bonds. The fourth-order valence-corrected chi connectivity index (χ4v) is 3.36.